The van der Waals surface area contributed by atoms with Crippen LogP contribution in [0.3, 0.4) is 0 Å². The molecule has 0 spiro atoms. The van der Waals surface area contributed by atoms with Crippen molar-refractivity contribution in [3.63, 3.8) is 0 Å². The van der Waals surface area contributed by atoms with E-state index in [0.717, 1.165) is 53.7 Å². The molecule has 5 aromatic heterocycles. The second kappa shape index (κ2) is 10.9. The third kappa shape index (κ3) is 4.09. The molecule has 0 radical (unpaired) electrons. The largest absolute Gasteiger partial charge is 0.309 e. The summed E-state index contributed by atoms with van der Waals surface area (Å²) < 4.78 is 5.84. The van der Waals surface area contributed by atoms with E-state index < -0.39 is 0 Å². The normalized spacial score (nSPS) is 11.9. The van der Waals surface area contributed by atoms with E-state index in [0.29, 0.717) is 17.6 Å². The van der Waals surface area contributed by atoms with Crippen LogP contribution < -0.4 is 0 Å². The molecular weight excluding hydrogens is 645 g/mol. The molecule has 0 saturated heterocycles. The molecule has 11 rings (SSSR count). The number of pyridine rings is 1. The summed E-state index contributed by atoms with van der Waals surface area (Å²) in [6.07, 6.45) is 1.89. The van der Waals surface area contributed by atoms with Gasteiger partial charge in [0.15, 0.2) is 11.6 Å². The van der Waals surface area contributed by atoms with Gasteiger partial charge in [-0.15, -0.1) is 11.3 Å². The molecule has 0 aliphatic rings. The molecule has 0 N–H and O–H groups in total. The van der Waals surface area contributed by atoms with Crippen molar-refractivity contribution in [2.24, 2.45) is 0 Å². The minimum absolute atomic E-state index is 0.576. The molecule has 0 bridgehead atoms. The topological polar surface area (TPSA) is 61.4 Å². The van der Waals surface area contributed by atoms with Gasteiger partial charge in [0.05, 0.1) is 26.8 Å². The number of benzene rings is 6. The minimum Gasteiger partial charge on any atom is -0.309 e. The number of hydrogen-bond donors (Lipinski definition) is 0. The Labute approximate surface area is 295 Å². The van der Waals surface area contributed by atoms with E-state index in [1.807, 2.05) is 48.7 Å². The molecule has 0 saturated carbocycles. The minimum atomic E-state index is 0.576. The average Bonchev–Trinajstić information content (AvgIpc) is 3.87. The Hall–Kier alpha value is -6.70. The lowest BCUT2D eigenvalue weighted by Crippen LogP contribution is -2.06. The zero-order chi connectivity index (χ0) is 33.5. The number of thiophene rings is 1. The SMILES string of the molecule is c1ccc(-c2nc(-c3ccccc3)nc(-n3c4ccccc4c4c5c6ccccc6n(-c6ccccc6)c5c5c6cccnc6sc5c43)n2)cc1. The summed E-state index contributed by atoms with van der Waals surface area (Å²) in [5, 5.41) is 7.02. The zero-order valence-corrected chi connectivity index (χ0v) is 27.9. The highest BCUT2D eigenvalue weighted by atomic mass is 32.1. The highest BCUT2D eigenvalue weighted by Crippen LogP contribution is 2.50. The fourth-order valence-electron chi connectivity index (χ4n) is 7.72. The van der Waals surface area contributed by atoms with E-state index >= 15 is 0 Å². The Balaban J connectivity index is 1.39. The summed E-state index contributed by atoms with van der Waals surface area (Å²) in [6, 6.07) is 52.7. The van der Waals surface area contributed by atoms with E-state index in [1.54, 1.807) is 11.3 Å². The van der Waals surface area contributed by atoms with Crippen LogP contribution in [-0.4, -0.2) is 29.1 Å². The standard InChI is InChI=1S/C44H26N6S/c1-4-15-27(16-5-1)41-46-42(28-17-6-2-7-18-28)48-44(47-41)50-34-25-13-11-22-31(34)36-35-30-21-10-12-24-33(30)49(29-19-8-3-9-20-29)38(35)37-32-23-14-26-45-43(32)51-40(37)39(36)50/h1-26H. The second-order valence-electron chi connectivity index (χ2n) is 12.7. The van der Waals surface area contributed by atoms with Gasteiger partial charge >= 0.3 is 0 Å². The summed E-state index contributed by atoms with van der Waals surface area (Å²) in [5.41, 5.74) is 7.43. The summed E-state index contributed by atoms with van der Waals surface area (Å²) >= 11 is 1.73. The molecular formula is C44H26N6S. The lowest BCUT2D eigenvalue weighted by atomic mass is 10.0. The summed E-state index contributed by atoms with van der Waals surface area (Å²) in [7, 11) is 0. The Bertz CT molecular complexity index is 3070. The van der Waals surface area contributed by atoms with Gasteiger partial charge in [0.2, 0.25) is 5.95 Å². The van der Waals surface area contributed by atoms with Crippen molar-refractivity contribution in [2.45, 2.75) is 0 Å². The Kier molecular flexibility index (Phi) is 6.02. The molecule has 0 atom stereocenters. The predicted molar refractivity (Wildman–Crippen MR) is 210 cm³/mol. The Morgan fingerprint density at radius 2 is 0.961 bits per heavy atom. The first-order chi connectivity index (χ1) is 25.3. The van der Waals surface area contributed by atoms with E-state index in [-0.39, 0.29) is 0 Å². The van der Waals surface area contributed by atoms with Crippen molar-refractivity contribution < 1.29 is 0 Å². The van der Waals surface area contributed by atoms with Crippen molar-refractivity contribution in [3.05, 3.63) is 158 Å². The molecule has 0 unspecified atom stereocenters. The van der Waals surface area contributed by atoms with Crippen molar-refractivity contribution >= 4 is 75.3 Å². The number of nitrogens with zero attached hydrogens (tertiary/aromatic N) is 6. The molecule has 0 amide bonds. The van der Waals surface area contributed by atoms with Gasteiger partial charge in [-0.3, -0.25) is 4.57 Å². The number of fused-ring (bicyclic) bond motifs is 12. The molecule has 0 aliphatic carbocycles. The molecule has 51 heavy (non-hydrogen) atoms. The van der Waals surface area contributed by atoms with Gasteiger partial charge in [-0.05, 0) is 36.4 Å². The fourth-order valence-corrected chi connectivity index (χ4v) is 8.91. The molecule has 238 valence electrons. The highest BCUT2D eigenvalue weighted by molar-refractivity contribution is 7.26. The monoisotopic (exact) mass is 670 g/mol. The van der Waals surface area contributed by atoms with Crippen LogP contribution in [0.5, 0.6) is 0 Å². The van der Waals surface area contributed by atoms with Gasteiger partial charge in [0.1, 0.15) is 4.83 Å². The van der Waals surface area contributed by atoms with E-state index in [4.69, 9.17) is 19.9 Å². The fraction of sp³-hybridized carbons (Fsp3) is 0. The maximum Gasteiger partial charge on any atom is 0.238 e. The van der Waals surface area contributed by atoms with Gasteiger partial charge in [0.25, 0.3) is 0 Å². The maximum atomic E-state index is 5.25. The lowest BCUT2D eigenvalue weighted by Gasteiger charge is -2.12. The molecule has 5 heterocycles. The predicted octanol–water partition coefficient (Wildman–Crippen LogP) is 11.2. The second-order valence-corrected chi connectivity index (χ2v) is 13.7. The Morgan fingerprint density at radius 3 is 1.61 bits per heavy atom. The van der Waals surface area contributed by atoms with Crippen molar-refractivity contribution in [3.8, 4) is 34.4 Å². The number of aromatic nitrogens is 6. The van der Waals surface area contributed by atoms with Crippen molar-refractivity contribution in [1.29, 1.82) is 0 Å². The first-order valence-electron chi connectivity index (χ1n) is 16.9. The van der Waals surface area contributed by atoms with Crippen LogP contribution in [0.15, 0.2) is 158 Å². The van der Waals surface area contributed by atoms with Crippen LogP contribution in [0.4, 0.5) is 0 Å². The van der Waals surface area contributed by atoms with E-state index in [9.17, 15) is 0 Å². The van der Waals surface area contributed by atoms with Crippen LogP contribution in [0, 0.1) is 0 Å². The van der Waals surface area contributed by atoms with Gasteiger partial charge < -0.3 is 4.57 Å². The lowest BCUT2D eigenvalue weighted by molar-refractivity contribution is 0.955. The molecule has 7 heteroatoms. The number of para-hydroxylation sites is 3. The number of hydrogen-bond acceptors (Lipinski definition) is 5. The highest BCUT2D eigenvalue weighted by Gasteiger charge is 2.28. The third-order valence-electron chi connectivity index (χ3n) is 9.82. The summed E-state index contributed by atoms with van der Waals surface area (Å²) in [6.45, 7) is 0. The molecule has 6 nitrogen and oxygen atoms in total. The van der Waals surface area contributed by atoms with Crippen molar-refractivity contribution in [1.82, 2.24) is 29.1 Å². The van der Waals surface area contributed by atoms with Crippen LogP contribution in [0.2, 0.25) is 0 Å². The van der Waals surface area contributed by atoms with Gasteiger partial charge in [-0.1, -0.05) is 115 Å². The first kappa shape index (κ1) is 28.2. The average molecular weight is 671 g/mol. The number of rotatable bonds is 4. The summed E-state index contributed by atoms with van der Waals surface area (Å²) in [5.74, 6) is 1.83. The van der Waals surface area contributed by atoms with Crippen LogP contribution in [-0.2, 0) is 0 Å². The van der Waals surface area contributed by atoms with Crippen LogP contribution >= 0.6 is 11.3 Å². The first-order valence-corrected chi connectivity index (χ1v) is 17.7. The molecule has 0 fully saturated rings. The van der Waals surface area contributed by atoms with Crippen LogP contribution in [0.1, 0.15) is 0 Å². The molecule has 0 aliphatic heterocycles. The molecule has 11 aromatic rings. The van der Waals surface area contributed by atoms with Gasteiger partial charge in [-0.2, -0.15) is 9.97 Å². The molecule has 6 aromatic carbocycles. The summed E-state index contributed by atoms with van der Waals surface area (Å²) in [4.78, 5) is 21.4. The van der Waals surface area contributed by atoms with E-state index in [1.165, 1.54) is 27.1 Å². The van der Waals surface area contributed by atoms with E-state index in [2.05, 4.69) is 118 Å². The quantitative estimate of drug-likeness (QED) is 0.187. The maximum absolute atomic E-state index is 5.25. The van der Waals surface area contributed by atoms with Crippen molar-refractivity contribution in [2.75, 3.05) is 0 Å². The van der Waals surface area contributed by atoms with Gasteiger partial charge in [-0.25, -0.2) is 9.97 Å². The van der Waals surface area contributed by atoms with Crippen LogP contribution in [0.25, 0.3) is 98.3 Å². The zero-order valence-electron chi connectivity index (χ0n) is 27.1. The Morgan fingerprint density at radius 1 is 0.431 bits per heavy atom. The smallest absolute Gasteiger partial charge is 0.238 e. The van der Waals surface area contributed by atoms with Gasteiger partial charge in [0, 0.05) is 55.3 Å². The third-order valence-corrected chi connectivity index (χ3v) is 10.9.